The number of halogens is 1. The van der Waals surface area contributed by atoms with E-state index < -0.39 is 6.04 Å². The molecular formula is C26H21FN3O+. The van der Waals surface area contributed by atoms with Crippen molar-refractivity contribution in [2.24, 2.45) is 0 Å². The molecule has 5 rings (SSSR count). The van der Waals surface area contributed by atoms with Crippen LogP contribution in [0.2, 0.25) is 0 Å². The first-order valence-electron chi connectivity index (χ1n) is 10.3. The maximum atomic E-state index is 14.4. The highest BCUT2D eigenvalue weighted by Gasteiger charge is 2.41. The normalized spacial score (nSPS) is 14.9. The predicted molar refractivity (Wildman–Crippen MR) is 117 cm³/mol. The van der Waals surface area contributed by atoms with Gasteiger partial charge in [-0.25, -0.2) is 14.2 Å². The van der Waals surface area contributed by atoms with Crippen LogP contribution in [0.25, 0.3) is 11.3 Å². The Bertz CT molecular complexity index is 1240. The molecule has 1 aliphatic heterocycles. The van der Waals surface area contributed by atoms with Gasteiger partial charge in [0.25, 0.3) is 0 Å². The zero-order chi connectivity index (χ0) is 21.2. The van der Waals surface area contributed by atoms with Gasteiger partial charge in [-0.05, 0) is 17.2 Å². The summed E-state index contributed by atoms with van der Waals surface area (Å²) in [7, 11) is 0. The number of aromatic nitrogens is 2. The molecule has 0 bridgehead atoms. The van der Waals surface area contributed by atoms with E-state index in [0.29, 0.717) is 35.6 Å². The van der Waals surface area contributed by atoms with Gasteiger partial charge in [-0.1, -0.05) is 78.9 Å². The van der Waals surface area contributed by atoms with E-state index >= 15 is 0 Å². The summed E-state index contributed by atoms with van der Waals surface area (Å²) < 4.78 is 16.0. The number of nitrogens with zero attached hydrogens (tertiary/aromatic N) is 2. The van der Waals surface area contributed by atoms with Gasteiger partial charge in [-0.2, -0.15) is 4.57 Å². The van der Waals surface area contributed by atoms with Crippen LogP contribution < -0.4 is 9.88 Å². The lowest BCUT2D eigenvalue weighted by Crippen LogP contribution is -2.44. The molecule has 0 radical (unpaired) electrons. The highest BCUT2D eigenvalue weighted by atomic mass is 19.1. The van der Waals surface area contributed by atoms with Crippen molar-refractivity contribution in [1.29, 1.82) is 0 Å². The Labute approximate surface area is 180 Å². The van der Waals surface area contributed by atoms with E-state index in [1.165, 1.54) is 6.07 Å². The number of nitrogens with one attached hydrogen (secondary N) is 1. The number of anilines is 1. The monoisotopic (exact) mass is 410 g/mol. The Morgan fingerprint density at radius 2 is 1.58 bits per heavy atom. The van der Waals surface area contributed by atoms with Gasteiger partial charge >= 0.3 is 11.7 Å². The third kappa shape index (κ3) is 3.82. The summed E-state index contributed by atoms with van der Waals surface area (Å²) in [5.74, 6) is 0.320. The van der Waals surface area contributed by atoms with Crippen molar-refractivity contribution in [3.8, 4) is 11.3 Å². The van der Waals surface area contributed by atoms with Crippen LogP contribution in [0.1, 0.15) is 21.6 Å². The second kappa shape index (κ2) is 8.11. The van der Waals surface area contributed by atoms with Crippen molar-refractivity contribution in [1.82, 2.24) is 4.98 Å². The van der Waals surface area contributed by atoms with Crippen LogP contribution in [0, 0.1) is 5.82 Å². The second-order valence-corrected chi connectivity index (χ2v) is 7.65. The number of rotatable bonds is 5. The van der Waals surface area contributed by atoms with Gasteiger partial charge in [0, 0.05) is 18.4 Å². The van der Waals surface area contributed by atoms with Gasteiger partial charge in [0.1, 0.15) is 23.4 Å². The van der Waals surface area contributed by atoms with Crippen LogP contribution >= 0.6 is 0 Å². The van der Waals surface area contributed by atoms with E-state index in [-0.39, 0.29) is 11.7 Å². The first-order chi connectivity index (χ1) is 15.2. The molecular weight excluding hydrogens is 389 g/mol. The molecule has 1 N–H and O–H groups in total. The highest BCUT2D eigenvalue weighted by molar-refractivity contribution is 5.82. The maximum Gasteiger partial charge on any atom is 0.359 e. The molecule has 1 aromatic heterocycles. The van der Waals surface area contributed by atoms with E-state index in [2.05, 4.69) is 5.32 Å². The van der Waals surface area contributed by atoms with Crippen molar-refractivity contribution in [2.45, 2.75) is 18.9 Å². The summed E-state index contributed by atoms with van der Waals surface area (Å²) in [5.41, 5.74) is 3.87. The second-order valence-electron chi connectivity index (χ2n) is 7.65. The van der Waals surface area contributed by atoms with Crippen LogP contribution in [0.4, 0.5) is 10.2 Å². The summed E-state index contributed by atoms with van der Waals surface area (Å²) in [6.07, 6.45) is 2.64. The van der Waals surface area contributed by atoms with E-state index in [0.717, 1.165) is 11.1 Å². The molecule has 4 nitrogen and oxygen atoms in total. The van der Waals surface area contributed by atoms with E-state index in [1.807, 2.05) is 66.7 Å². The summed E-state index contributed by atoms with van der Waals surface area (Å²) in [6.45, 7) is 0. The predicted octanol–water partition coefficient (Wildman–Crippen LogP) is 4.44. The number of carbonyl (C=O) groups is 1. The molecule has 5 heteroatoms. The Kier molecular flexibility index (Phi) is 5.00. The molecule has 0 saturated heterocycles. The lowest BCUT2D eigenvalue weighted by molar-refractivity contribution is -0.552. The van der Waals surface area contributed by atoms with Crippen molar-refractivity contribution in [2.75, 3.05) is 5.32 Å². The van der Waals surface area contributed by atoms with Crippen LogP contribution in [0.5, 0.6) is 0 Å². The molecule has 0 fully saturated rings. The Morgan fingerprint density at radius 1 is 0.903 bits per heavy atom. The van der Waals surface area contributed by atoms with Gasteiger partial charge in [0.15, 0.2) is 6.04 Å². The number of fused-ring (bicyclic) bond motifs is 1. The first-order valence-corrected chi connectivity index (χ1v) is 10.3. The van der Waals surface area contributed by atoms with Gasteiger partial charge < -0.3 is 0 Å². The third-order valence-electron chi connectivity index (χ3n) is 5.54. The number of carbonyl (C=O) groups excluding carboxylic acids is 1. The van der Waals surface area contributed by atoms with Crippen molar-refractivity contribution >= 4 is 11.7 Å². The van der Waals surface area contributed by atoms with Crippen LogP contribution in [-0.4, -0.2) is 16.9 Å². The molecule has 3 aromatic carbocycles. The van der Waals surface area contributed by atoms with Gasteiger partial charge in [0.2, 0.25) is 0 Å². The average molecular weight is 410 g/mol. The zero-order valence-electron chi connectivity index (χ0n) is 16.8. The van der Waals surface area contributed by atoms with E-state index in [9.17, 15) is 9.18 Å². The topological polar surface area (TPSA) is 45.9 Å². The molecule has 31 heavy (non-hydrogen) atoms. The lowest BCUT2D eigenvalue weighted by atomic mass is 10.1. The minimum absolute atomic E-state index is 0.0341. The molecule has 0 saturated carbocycles. The van der Waals surface area contributed by atoms with Crippen molar-refractivity contribution in [3.63, 3.8) is 0 Å². The SMILES string of the molecule is O=C1C(Cc2ccccc2)Nc2c(Cc3ccccc3F)nc(-c3ccccc3)c[n+]21. The largest absolute Gasteiger partial charge is 0.359 e. The molecule has 0 spiro atoms. The average Bonchev–Trinajstić information content (AvgIpc) is 3.12. The minimum atomic E-state index is -0.394. The maximum absolute atomic E-state index is 14.4. The molecule has 152 valence electrons. The molecule has 2 heterocycles. The van der Waals surface area contributed by atoms with E-state index in [4.69, 9.17) is 4.98 Å². The Hall–Kier alpha value is -3.86. The molecule has 0 amide bonds. The van der Waals surface area contributed by atoms with Gasteiger partial charge in [-0.3, -0.25) is 5.32 Å². The van der Waals surface area contributed by atoms with Gasteiger partial charge in [0.05, 0.1) is 0 Å². The fourth-order valence-electron chi connectivity index (χ4n) is 3.96. The smallest absolute Gasteiger partial charge is 0.258 e. The minimum Gasteiger partial charge on any atom is -0.258 e. The lowest BCUT2D eigenvalue weighted by Gasteiger charge is -2.07. The van der Waals surface area contributed by atoms with Crippen LogP contribution in [0.15, 0.2) is 91.1 Å². The summed E-state index contributed by atoms with van der Waals surface area (Å²) in [6, 6.07) is 25.9. The van der Waals surface area contributed by atoms with Crippen molar-refractivity contribution < 1.29 is 13.8 Å². The molecule has 4 aromatic rings. The summed E-state index contributed by atoms with van der Waals surface area (Å²) >= 11 is 0. The highest BCUT2D eigenvalue weighted by Crippen LogP contribution is 2.25. The Balaban J connectivity index is 1.57. The fourth-order valence-corrected chi connectivity index (χ4v) is 3.96. The molecule has 0 aliphatic carbocycles. The third-order valence-corrected chi connectivity index (χ3v) is 5.54. The van der Waals surface area contributed by atoms with Gasteiger partial charge in [-0.15, -0.1) is 0 Å². The summed E-state index contributed by atoms with van der Waals surface area (Å²) in [5, 5.41) is 3.35. The Morgan fingerprint density at radius 3 is 2.32 bits per heavy atom. The van der Waals surface area contributed by atoms with Crippen LogP contribution in [0.3, 0.4) is 0 Å². The quantitative estimate of drug-likeness (QED) is 0.495. The zero-order valence-corrected chi connectivity index (χ0v) is 16.8. The number of hydrogen-bond acceptors (Lipinski definition) is 3. The molecule has 1 atom stereocenters. The molecule has 1 aliphatic rings. The summed E-state index contributed by atoms with van der Waals surface area (Å²) in [4.78, 5) is 18.1. The van der Waals surface area contributed by atoms with E-state index in [1.54, 1.807) is 22.9 Å². The standard InChI is InChI=1S/C26H20FN3O/c27-21-14-8-7-13-20(21)16-22-25-29-23(15-18-9-3-1-4-10-18)26(31)30(25)17-24(28-22)19-11-5-2-6-12-19/h1-14,17,23H,15-16H2/p+1. The van der Waals surface area contributed by atoms with Crippen LogP contribution in [-0.2, 0) is 12.8 Å². The fraction of sp³-hybridized carbons (Fsp3) is 0.115. The first kappa shape index (κ1) is 19.1. The van der Waals surface area contributed by atoms with Crippen molar-refractivity contribution in [3.05, 3.63) is 114 Å². The number of benzene rings is 3. The number of hydrogen-bond donors (Lipinski definition) is 1. The molecule has 1 unspecified atom stereocenters.